The maximum absolute atomic E-state index is 10.6. The molecule has 0 spiro atoms. The molecule has 0 aliphatic carbocycles. The van der Waals surface area contributed by atoms with E-state index in [1.54, 1.807) is 0 Å². The third kappa shape index (κ3) is 5.56. The van der Waals surface area contributed by atoms with Gasteiger partial charge in [0, 0.05) is 12.0 Å². The highest BCUT2D eigenvalue weighted by molar-refractivity contribution is 5.69. The van der Waals surface area contributed by atoms with Gasteiger partial charge in [-0.2, -0.15) is 0 Å². The zero-order chi connectivity index (χ0) is 8.20. The van der Waals surface area contributed by atoms with Crippen LogP contribution < -0.4 is 5.73 Å². The largest absolute Gasteiger partial charge is 0.469 e. The Morgan fingerprint density at radius 3 is 2.40 bits per heavy atom. The molecule has 3 nitrogen and oxygen atoms in total. The van der Waals surface area contributed by atoms with E-state index >= 15 is 0 Å². The van der Waals surface area contributed by atoms with Crippen molar-refractivity contribution in [3.63, 3.8) is 0 Å². The van der Waals surface area contributed by atoms with E-state index in [2.05, 4.69) is 4.74 Å². The first-order chi connectivity index (χ1) is 4.45. The summed E-state index contributed by atoms with van der Waals surface area (Å²) in [7, 11) is 1.38. The number of methoxy groups -OCH3 is 1. The van der Waals surface area contributed by atoms with Gasteiger partial charge in [-0.1, -0.05) is 0 Å². The quantitative estimate of drug-likeness (QED) is 0.594. The predicted molar refractivity (Wildman–Crippen MR) is 39.5 cm³/mol. The monoisotopic (exact) mass is 145 g/mol. The number of rotatable bonds is 3. The summed E-state index contributed by atoms with van der Waals surface area (Å²) in [6, 6.07) is 0. The summed E-state index contributed by atoms with van der Waals surface area (Å²) in [6.07, 6.45) is 1.07. The van der Waals surface area contributed by atoms with E-state index in [-0.39, 0.29) is 11.5 Å². The SMILES string of the molecule is COC(=O)CCC(C)(C)N. The van der Waals surface area contributed by atoms with Gasteiger partial charge in [-0.05, 0) is 20.3 Å². The van der Waals surface area contributed by atoms with Crippen molar-refractivity contribution in [2.45, 2.75) is 32.2 Å². The van der Waals surface area contributed by atoms with Gasteiger partial charge in [0.15, 0.2) is 0 Å². The zero-order valence-electron chi connectivity index (χ0n) is 6.81. The first kappa shape index (κ1) is 9.43. The Balaban J connectivity index is 3.46. The van der Waals surface area contributed by atoms with Crippen molar-refractivity contribution in [3.8, 4) is 0 Å². The summed E-state index contributed by atoms with van der Waals surface area (Å²) >= 11 is 0. The van der Waals surface area contributed by atoms with Crippen molar-refractivity contribution in [1.82, 2.24) is 0 Å². The highest BCUT2D eigenvalue weighted by Crippen LogP contribution is 2.06. The molecule has 0 radical (unpaired) electrons. The molecular weight excluding hydrogens is 130 g/mol. The van der Waals surface area contributed by atoms with Crippen molar-refractivity contribution in [2.24, 2.45) is 5.73 Å². The highest BCUT2D eigenvalue weighted by atomic mass is 16.5. The maximum Gasteiger partial charge on any atom is 0.305 e. The Morgan fingerprint density at radius 1 is 1.60 bits per heavy atom. The fraction of sp³-hybridized carbons (Fsp3) is 0.857. The van der Waals surface area contributed by atoms with Crippen LogP contribution in [-0.2, 0) is 9.53 Å². The minimum Gasteiger partial charge on any atom is -0.469 e. The van der Waals surface area contributed by atoms with Gasteiger partial charge in [-0.3, -0.25) is 4.79 Å². The summed E-state index contributed by atoms with van der Waals surface area (Å²) in [6.45, 7) is 3.77. The van der Waals surface area contributed by atoms with Crippen LogP contribution in [0.5, 0.6) is 0 Å². The molecular formula is C7H15NO2. The third-order valence-electron chi connectivity index (χ3n) is 1.20. The second-order valence-electron chi connectivity index (χ2n) is 3.06. The average molecular weight is 145 g/mol. The number of hydrogen-bond donors (Lipinski definition) is 1. The lowest BCUT2D eigenvalue weighted by Crippen LogP contribution is -2.32. The molecule has 3 heteroatoms. The number of nitrogens with two attached hydrogens (primary N) is 1. The van der Waals surface area contributed by atoms with E-state index < -0.39 is 0 Å². The molecule has 0 aromatic rings. The summed E-state index contributed by atoms with van der Waals surface area (Å²) in [5.74, 6) is -0.196. The molecule has 2 N–H and O–H groups in total. The van der Waals surface area contributed by atoms with Gasteiger partial charge in [-0.25, -0.2) is 0 Å². The van der Waals surface area contributed by atoms with E-state index in [9.17, 15) is 4.79 Å². The van der Waals surface area contributed by atoms with E-state index in [1.807, 2.05) is 13.8 Å². The van der Waals surface area contributed by atoms with Crippen LogP contribution in [0.2, 0.25) is 0 Å². The summed E-state index contributed by atoms with van der Waals surface area (Å²) in [4.78, 5) is 10.6. The van der Waals surface area contributed by atoms with Gasteiger partial charge in [0.2, 0.25) is 0 Å². The van der Waals surface area contributed by atoms with E-state index in [0.29, 0.717) is 12.8 Å². The smallest absolute Gasteiger partial charge is 0.305 e. The number of ether oxygens (including phenoxy) is 1. The van der Waals surface area contributed by atoms with Gasteiger partial charge in [-0.15, -0.1) is 0 Å². The highest BCUT2D eigenvalue weighted by Gasteiger charge is 2.12. The first-order valence-electron chi connectivity index (χ1n) is 3.31. The van der Waals surface area contributed by atoms with Crippen LogP contribution in [0.4, 0.5) is 0 Å². The molecule has 0 aliphatic rings. The summed E-state index contributed by atoms with van der Waals surface area (Å²) in [5, 5.41) is 0. The minimum atomic E-state index is -0.270. The van der Waals surface area contributed by atoms with E-state index in [0.717, 1.165) is 0 Å². The fourth-order valence-corrected chi connectivity index (χ4v) is 0.526. The minimum absolute atomic E-state index is 0.196. The van der Waals surface area contributed by atoms with Gasteiger partial charge in [0.25, 0.3) is 0 Å². The molecule has 60 valence electrons. The van der Waals surface area contributed by atoms with Crippen LogP contribution >= 0.6 is 0 Å². The standard InChI is InChI=1S/C7H15NO2/c1-7(2,8)5-4-6(9)10-3/h4-5,8H2,1-3H3. The van der Waals surface area contributed by atoms with Crippen LogP contribution in [0.3, 0.4) is 0 Å². The summed E-state index contributed by atoms with van der Waals surface area (Å²) in [5.41, 5.74) is 5.36. The Morgan fingerprint density at radius 2 is 2.10 bits per heavy atom. The molecule has 0 aromatic carbocycles. The van der Waals surface area contributed by atoms with Crippen LogP contribution in [-0.4, -0.2) is 18.6 Å². The third-order valence-corrected chi connectivity index (χ3v) is 1.20. The summed E-state index contributed by atoms with van der Waals surface area (Å²) < 4.78 is 4.45. The average Bonchev–Trinajstić information content (AvgIpc) is 1.81. The van der Waals surface area contributed by atoms with Crippen molar-refractivity contribution in [2.75, 3.05) is 7.11 Å². The zero-order valence-corrected chi connectivity index (χ0v) is 6.81. The molecule has 0 unspecified atom stereocenters. The maximum atomic E-state index is 10.6. The molecule has 0 aliphatic heterocycles. The van der Waals surface area contributed by atoms with Crippen molar-refractivity contribution in [3.05, 3.63) is 0 Å². The topological polar surface area (TPSA) is 52.3 Å². The molecule has 0 amide bonds. The lowest BCUT2D eigenvalue weighted by atomic mass is 10.0. The molecule has 10 heavy (non-hydrogen) atoms. The van der Waals surface area contributed by atoms with Gasteiger partial charge < -0.3 is 10.5 Å². The van der Waals surface area contributed by atoms with Crippen molar-refractivity contribution < 1.29 is 9.53 Å². The van der Waals surface area contributed by atoms with Crippen LogP contribution in [0.25, 0.3) is 0 Å². The number of carbonyl (C=O) groups is 1. The predicted octanol–water partition coefficient (Wildman–Crippen LogP) is 0.677. The fourth-order valence-electron chi connectivity index (χ4n) is 0.526. The lowest BCUT2D eigenvalue weighted by Gasteiger charge is -2.16. The van der Waals surface area contributed by atoms with Gasteiger partial charge >= 0.3 is 5.97 Å². The van der Waals surface area contributed by atoms with E-state index in [1.165, 1.54) is 7.11 Å². The number of carbonyl (C=O) groups excluding carboxylic acids is 1. The van der Waals surface area contributed by atoms with Crippen molar-refractivity contribution in [1.29, 1.82) is 0 Å². The first-order valence-corrected chi connectivity index (χ1v) is 3.31. The molecule has 0 atom stereocenters. The molecule has 0 bridgehead atoms. The second-order valence-corrected chi connectivity index (χ2v) is 3.06. The Hall–Kier alpha value is -0.570. The molecule has 0 saturated heterocycles. The lowest BCUT2D eigenvalue weighted by molar-refractivity contribution is -0.141. The van der Waals surface area contributed by atoms with Crippen LogP contribution in [0, 0.1) is 0 Å². The Kier molecular flexibility index (Phi) is 3.36. The molecule has 0 heterocycles. The molecule has 0 rings (SSSR count). The number of hydrogen-bond acceptors (Lipinski definition) is 3. The van der Waals surface area contributed by atoms with Gasteiger partial charge in [0.1, 0.15) is 0 Å². The van der Waals surface area contributed by atoms with Gasteiger partial charge in [0.05, 0.1) is 7.11 Å². The normalized spacial score (nSPS) is 11.2. The Labute approximate surface area is 61.5 Å². The molecule has 0 aromatic heterocycles. The molecule has 0 saturated carbocycles. The second kappa shape index (κ2) is 3.56. The Bertz CT molecular complexity index is 115. The van der Waals surface area contributed by atoms with Crippen molar-refractivity contribution >= 4 is 5.97 Å². The van der Waals surface area contributed by atoms with Crippen LogP contribution in [0.15, 0.2) is 0 Å². The number of esters is 1. The molecule has 0 fully saturated rings. The van der Waals surface area contributed by atoms with Crippen LogP contribution in [0.1, 0.15) is 26.7 Å². The van der Waals surface area contributed by atoms with E-state index in [4.69, 9.17) is 5.73 Å².